The van der Waals surface area contributed by atoms with Crippen molar-refractivity contribution >= 4 is 28.4 Å². The number of carbonyl (C=O) groups excluding carboxylic acids is 1. The molecule has 1 aliphatic rings. The number of hydrogen-bond donors (Lipinski definition) is 3. The number of fused-ring (bicyclic) bond motifs is 1. The van der Waals surface area contributed by atoms with Gasteiger partial charge >= 0.3 is 0 Å². The smallest absolute Gasteiger partial charge is 0.254 e. The maximum atomic E-state index is 13.0. The lowest BCUT2D eigenvalue weighted by molar-refractivity contribution is 0.0342. The number of halogens is 1. The molecule has 0 spiro atoms. The van der Waals surface area contributed by atoms with E-state index in [1.807, 2.05) is 43.3 Å². The van der Waals surface area contributed by atoms with Crippen LogP contribution in [0.15, 0.2) is 47.4 Å². The summed E-state index contributed by atoms with van der Waals surface area (Å²) in [5, 5.41) is 19.8. The van der Waals surface area contributed by atoms with Crippen LogP contribution in [0.3, 0.4) is 0 Å². The molecule has 3 aromatic rings. The van der Waals surface area contributed by atoms with Gasteiger partial charge in [0.2, 0.25) is 5.43 Å². The van der Waals surface area contributed by atoms with Gasteiger partial charge in [0.1, 0.15) is 5.56 Å². The summed E-state index contributed by atoms with van der Waals surface area (Å²) in [7, 11) is 3.56. The van der Waals surface area contributed by atoms with Gasteiger partial charge in [-0.2, -0.15) is 0 Å². The normalized spacial score (nSPS) is 14.3. The Kier molecular flexibility index (Phi) is 11.7. The van der Waals surface area contributed by atoms with Gasteiger partial charge in [0.25, 0.3) is 5.91 Å². The highest BCUT2D eigenvalue weighted by molar-refractivity contribution is 6.30. The highest BCUT2D eigenvalue weighted by atomic mass is 35.5. The van der Waals surface area contributed by atoms with Crippen LogP contribution >= 0.6 is 11.6 Å². The van der Waals surface area contributed by atoms with E-state index in [0.29, 0.717) is 49.3 Å². The van der Waals surface area contributed by atoms with Crippen LogP contribution in [0.1, 0.15) is 27.0 Å². The molecular formula is C30H37ClN4O5. The van der Waals surface area contributed by atoms with E-state index in [9.17, 15) is 14.7 Å². The first-order valence-electron chi connectivity index (χ1n) is 13.0. The number of primary amides is 1. The number of aryl methyl sites for hydroxylation is 2. The number of aliphatic hydroxyl groups excluding tert-OH is 2. The lowest BCUT2D eigenvalue weighted by Crippen LogP contribution is -2.35. The molecule has 1 unspecified atom stereocenters. The van der Waals surface area contributed by atoms with Crippen molar-refractivity contribution in [3.8, 4) is 11.8 Å². The second-order valence-electron chi connectivity index (χ2n) is 9.91. The summed E-state index contributed by atoms with van der Waals surface area (Å²) in [6, 6.07) is 11.5. The van der Waals surface area contributed by atoms with E-state index in [0.717, 1.165) is 23.7 Å². The lowest BCUT2D eigenvalue weighted by Gasteiger charge is -2.26. The molecule has 0 aliphatic carbocycles. The zero-order valence-electron chi connectivity index (χ0n) is 23.2. The molecule has 1 saturated heterocycles. The summed E-state index contributed by atoms with van der Waals surface area (Å²) in [5.74, 6) is 5.47. The van der Waals surface area contributed by atoms with E-state index < -0.39 is 17.4 Å². The summed E-state index contributed by atoms with van der Waals surface area (Å²) >= 11 is 5.61. The molecule has 214 valence electrons. The Hall–Kier alpha value is -3.23. The van der Waals surface area contributed by atoms with Gasteiger partial charge in [0, 0.05) is 55.4 Å². The molecule has 1 aliphatic heterocycles. The predicted molar refractivity (Wildman–Crippen MR) is 157 cm³/mol. The van der Waals surface area contributed by atoms with Gasteiger partial charge in [-0.15, -0.1) is 0 Å². The Morgan fingerprint density at radius 2 is 1.90 bits per heavy atom. The van der Waals surface area contributed by atoms with E-state index in [-0.39, 0.29) is 12.2 Å². The van der Waals surface area contributed by atoms with Crippen LogP contribution in [0.4, 0.5) is 0 Å². The first-order chi connectivity index (χ1) is 19.1. The van der Waals surface area contributed by atoms with Gasteiger partial charge in [-0.1, -0.05) is 41.1 Å². The minimum absolute atomic E-state index is 0.0554. The second-order valence-corrected chi connectivity index (χ2v) is 10.3. The number of ether oxygens (including phenoxy) is 1. The van der Waals surface area contributed by atoms with E-state index in [4.69, 9.17) is 27.2 Å². The molecule has 1 fully saturated rings. The van der Waals surface area contributed by atoms with Gasteiger partial charge in [-0.3, -0.25) is 19.4 Å². The first kappa shape index (κ1) is 31.3. The zero-order chi connectivity index (χ0) is 29.2. The number of rotatable bonds is 7. The third-order valence-electron chi connectivity index (χ3n) is 6.43. The van der Waals surface area contributed by atoms with Gasteiger partial charge < -0.3 is 25.3 Å². The molecule has 4 N–H and O–H groups in total. The van der Waals surface area contributed by atoms with E-state index in [2.05, 4.69) is 16.7 Å². The molecule has 2 aromatic carbocycles. The summed E-state index contributed by atoms with van der Waals surface area (Å²) in [5.41, 5.74) is 8.44. The Bertz CT molecular complexity index is 1400. The summed E-state index contributed by atoms with van der Waals surface area (Å²) in [6.07, 6.45) is 0.622. The molecule has 10 heteroatoms. The van der Waals surface area contributed by atoms with Gasteiger partial charge in [-0.05, 0) is 43.8 Å². The quantitative estimate of drug-likeness (QED) is 0.371. The number of hydrogen-bond acceptors (Lipinski definition) is 7. The van der Waals surface area contributed by atoms with Crippen molar-refractivity contribution in [2.75, 3.05) is 53.0 Å². The lowest BCUT2D eigenvalue weighted by atomic mass is 10.0. The number of aromatic nitrogens is 1. The fraction of sp³-hybridized carbons (Fsp3) is 0.400. The van der Waals surface area contributed by atoms with Crippen molar-refractivity contribution in [3.63, 3.8) is 0 Å². The largest absolute Gasteiger partial charge is 0.394 e. The van der Waals surface area contributed by atoms with Crippen LogP contribution in [-0.2, 0) is 18.3 Å². The van der Waals surface area contributed by atoms with Gasteiger partial charge in [-0.25, -0.2) is 0 Å². The van der Waals surface area contributed by atoms with Gasteiger partial charge in [0.15, 0.2) is 0 Å². The highest BCUT2D eigenvalue weighted by Crippen LogP contribution is 2.20. The van der Waals surface area contributed by atoms with Crippen molar-refractivity contribution < 1.29 is 19.7 Å². The maximum absolute atomic E-state index is 13.0. The number of likely N-dealkylation sites (N-methyl/N-ethyl adjacent to an activating group) is 1. The fourth-order valence-electron chi connectivity index (χ4n) is 4.37. The maximum Gasteiger partial charge on any atom is 0.254 e. The average Bonchev–Trinajstić information content (AvgIpc) is 2.92. The van der Waals surface area contributed by atoms with Crippen LogP contribution in [-0.4, -0.2) is 89.6 Å². The number of nitrogens with zero attached hydrogens (tertiary/aromatic N) is 3. The number of morpholine rings is 1. The van der Waals surface area contributed by atoms with Crippen molar-refractivity contribution in [3.05, 3.63) is 80.1 Å². The Labute approximate surface area is 239 Å². The third-order valence-corrected chi connectivity index (χ3v) is 6.68. The topological polar surface area (TPSA) is 121 Å². The number of benzene rings is 2. The van der Waals surface area contributed by atoms with Crippen LogP contribution in [0.5, 0.6) is 0 Å². The van der Waals surface area contributed by atoms with Crippen molar-refractivity contribution in [2.24, 2.45) is 12.8 Å². The molecule has 1 atom stereocenters. The molecule has 4 rings (SSSR count). The van der Waals surface area contributed by atoms with Crippen molar-refractivity contribution in [1.29, 1.82) is 0 Å². The van der Waals surface area contributed by atoms with Crippen molar-refractivity contribution in [1.82, 2.24) is 14.4 Å². The number of aliphatic hydroxyl groups is 2. The summed E-state index contributed by atoms with van der Waals surface area (Å²) in [6.45, 7) is 5.97. The number of carbonyl (C=O) groups is 1. The van der Waals surface area contributed by atoms with Gasteiger partial charge in [0.05, 0.1) is 38.0 Å². The zero-order valence-corrected chi connectivity index (χ0v) is 23.9. The highest BCUT2D eigenvalue weighted by Gasteiger charge is 2.17. The molecule has 2 heterocycles. The molecule has 40 heavy (non-hydrogen) atoms. The minimum atomic E-state index is -0.826. The summed E-state index contributed by atoms with van der Waals surface area (Å²) < 4.78 is 7.12. The Morgan fingerprint density at radius 1 is 1.23 bits per heavy atom. The molecular weight excluding hydrogens is 532 g/mol. The second kappa shape index (κ2) is 15.0. The molecule has 0 saturated carbocycles. The Balaban J connectivity index is 0.000000472. The van der Waals surface area contributed by atoms with E-state index >= 15 is 0 Å². The standard InChI is InChI=1S/C23H30N4O5.C7H7Cl/c1-25(13-18(29)15-28)5-3-4-17-10-16(12-27-6-8-32-9-7-27)11-19-21(17)26(2)14-20(22(19)30)23(24)31;1-6-2-4-7(8)5-3-6/h10-11,14,18,28-29H,5-9,12-13,15H2,1-2H3,(H2,24,31);2-5H,1H3. The third kappa shape index (κ3) is 8.89. The SMILES string of the molecule is CN(CC#Cc1cc(CN2CCOCC2)cc2c(=O)c(C(N)=O)cn(C)c12)CC(O)CO.Cc1ccc(Cl)cc1. The van der Waals surface area contributed by atoms with Crippen LogP contribution in [0.25, 0.3) is 10.9 Å². The van der Waals surface area contributed by atoms with Crippen LogP contribution in [0.2, 0.25) is 5.02 Å². The molecule has 1 aromatic heterocycles. The number of pyridine rings is 1. The molecule has 0 radical (unpaired) electrons. The van der Waals surface area contributed by atoms with Crippen LogP contribution < -0.4 is 11.2 Å². The average molecular weight is 569 g/mol. The molecule has 0 bridgehead atoms. The van der Waals surface area contributed by atoms with Crippen LogP contribution in [0, 0.1) is 18.8 Å². The van der Waals surface area contributed by atoms with Crippen molar-refractivity contribution in [2.45, 2.75) is 19.6 Å². The molecule has 9 nitrogen and oxygen atoms in total. The Morgan fingerprint density at radius 3 is 2.50 bits per heavy atom. The number of nitrogens with two attached hydrogens (primary N) is 1. The molecule has 1 amide bonds. The van der Waals surface area contributed by atoms with E-state index in [1.54, 1.807) is 23.6 Å². The predicted octanol–water partition coefficient (Wildman–Crippen LogP) is 1.75. The monoisotopic (exact) mass is 568 g/mol. The number of amides is 1. The van der Waals surface area contributed by atoms with E-state index in [1.165, 1.54) is 11.8 Å². The summed E-state index contributed by atoms with van der Waals surface area (Å²) in [4.78, 5) is 28.8. The minimum Gasteiger partial charge on any atom is -0.394 e. The first-order valence-corrected chi connectivity index (χ1v) is 13.4. The fourth-order valence-corrected chi connectivity index (χ4v) is 4.50.